The van der Waals surface area contributed by atoms with Crippen LogP contribution < -0.4 is 4.90 Å². The van der Waals surface area contributed by atoms with Crippen LogP contribution in [0.5, 0.6) is 0 Å². The van der Waals surface area contributed by atoms with Crippen molar-refractivity contribution in [2.45, 2.75) is 25.4 Å². The average molecular weight is 514 g/mol. The van der Waals surface area contributed by atoms with Gasteiger partial charge in [-0.3, -0.25) is 24.3 Å². The molecule has 194 valence electrons. The van der Waals surface area contributed by atoms with Crippen LogP contribution in [0.25, 0.3) is 5.57 Å². The van der Waals surface area contributed by atoms with Crippen LogP contribution >= 0.6 is 0 Å². The number of nitrogens with zero attached hydrogens (tertiary/aromatic N) is 3. The van der Waals surface area contributed by atoms with E-state index in [1.165, 1.54) is 24.3 Å². The Balaban J connectivity index is 1.23. The Morgan fingerprint density at radius 1 is 0.789 bits per heavy atom. The highest BCUT2D eigenvalue weighted by Gasteiger charge is 2.47. The van der Waals surface area contributed by atoms with Gasteiger partial charge in [-0.1, -0.05) is 42.5 Å². The fourth-order valence-electron chi connectivity index (χ4n) is 6.12. The topological polar surface area (TPSA) is 43.9 Å². The van der Waals surface area contributed by atoms with Crippen molar-refractivity contribution in [3.05, 3.63) is 107 Å². The SMILES string of the molecule is CC1(C)C=C(CN2CCN(C(c3ccc(F)cc3)c3ccc(F)cc3)CC2)c2cccc3c2N1C(=O)C3=O. The Morgan fingerprint density at radius 2 is 1.34 bits per heavy atom. The molecular formula is C31H29F2N3O2. The number of rotatable bonds is 5. The van der Waals surface area contributed by atoms with E-state index in [9.17, 15) is 18.4 Å². The highest BCUT2D eigenvalue weighted by atomic mass is 19.1. The molecule has 5 nitrogen and oxygen atoms in total. The van der Waals surface area contributed by atoms with Crippen LogP contribution in [0.1, 0.15) is 46.9 Å². The number of hydrogen-bond donors (Lipinski definition) is 0. The molecule has 0 radical (unpaired) electrons. The number of piperazine rings is 1. The first-order valence-electron chi connectivity index (χ1n) is 12.9. The van der Waals surface area contributed by atoms with Crippen molar-refractivity contribution in [2.75, 3.05) is 37.6 Å². The molecule has 0 aliphatic carbocycles. The van der Waals surface area contributed by atoms with Crippen molar-refractivity contribution in [1.82, 2.24) is 9.80 Å². The van der Waals surface area contributed by atoms with E-state index in [0.717, 1.165) is 54.1 Å². The lowest BCUT2D eigenvalue weighted by molar-refractivity contribution is -0.115. The number of benzene rings is 3. The van der Waals surface area contributed by atoms with Gasteiger partial charge in [0.2, 0.25) is 0 Å². The number of anilines is 1. The minimum atomic E-state index is -0.597. The molecule has 6 rings (SSSR count). The van der Waals surface area contributed by atoms with Gasteiger partial charge >= 0.3 is 0 Å². The summed E-state index contributed by atoms with van der Waals surface area (Å²) in [6.07, 6.45) is 2.11. The number of hydrogen-bond acceptors (Lipinski definition) is 4. The Morgan fingerprint density at radius 3 is 1.92 bits per heavy atom. The zero-order chi connectivity index (χ0) is 26.6. The molecule has 3 aromatic rings. The Labute approximate surface area is 221 Å². The highest BCUT2D eigenvalue weighted by Crippen LogP contribution is 2.45. The van der Waals surface area contributed by atoms with E-state index in [2.05, 4.69) is 15.9 Å². The molecule has 0 unspecified atom stereocenters. The molecule has 0 bridgehead atoms. The third kappa shape index (κ3) is 4.16. The van der Waals surface area contributed by atoms with Crippen LogP contribution in [0.15, 0.2) is 72.8 Å². The molecule has 0 saturated carbocycles. The number of para-hydroxylation sites is 1. The molecule has 3 aliphatic rings. The van der Waals surface area contributed by atoms with Crippen LogP contribution in [-0.2, 0) is 4.79 Å². The molecule has 3 aliphatic heterocycles. The second-order valence-corrected chi connectivity index (χ2v) is 10.8. The van der Waals surface area contributed by atoms with Gasteiger partial charge in [-0.05, 0) is 60.9 Å². The first kappa shape index (κ1) is 24.6. The maximum atomic E-state index is 13.7. The molecule has 1 amide bonds. The van der Waals surface area contributed by atoms with Gasteiger partial charge in [-0.25, -0.2) is 8.78 Å². The van der Waals surface area contributed by atoms with Gasteiger partial charge in [0.05, 0.1) is 22.8 Å². The van der Waals surface area contributed by atoms with Crippen molar-refractivity contribution >= 4 is 23.0 Å². The minimum absolute atomic E-state index is 0.103. The molecule has 0 N–H and O–H groups in total. The van der Waals surface area contributed by atoms with Gasteiger partial charge in [0.25, 0.3) is 11.7 Å². The largest absolute Gasteiger partial charge is 0.300 e. The first-order valence-corrected chi connectivity index (χ1v) is 12.9. The number of ketones is 1. The number of amides is 1. The van der Waals surface area contributed by atoms with Crippen LogP contribution in [0.4, 0.5) is 14.5 Å². The summed E-state index contributed by atoms with van der Waals surface area (Å²) in [5.74, 6) is -1.47. The molecule has 3 heterocycles. The summed E-state index contributed by atoms with van der Waals surface area (Å²) in [5, 5.41) is 0. The third-order valence-electron chi connectivity index (χ3n) is 7.89. The zero-order valence-corrected chi connectivity index (χ0v) is 21.5. The number of carbonyl (C=O) groups excluding carboxylic acids is 2. The summed E-state index contributed by atoms with van der Waals surface area (Å²) in [6.45, 7) is 7.84. The third-order valence-corrected chi connectivity index (χ3v) is 7.89. The summed E-state index contributed by atoms with van der Waals surface area (Å²) < 4.78 is 27.3. The van der Waals surface area contributed by atoms with Gasteiger partial charge in [0.15, 0.2) is 0 Å². The second-order valence-electron chi connectivity index (χ2n) is 10.8. The van der Waals surface area contributed by atoms with Crippen molar-refractivity contribution in [3.8, 4) is 0 Å². The maximum Gasteiger partial charge on any atom is 0.300 e. The monoisotopic (exact) mass is 513 g/mol. The van der Waals surface area contributed by atoms with Crippen LogP contribution in [0.3, 0.4) is 0 Å². The van der Waals surface area contributed by atoms with Crippen molar-refractivity contribution in [1.29, 1.82) is 0 Å². The fourth-order valence-corrected chi connectivity index (χ4v) is 6.12. The van der Waals surface area contributed by atoms with Crippen LogP contribution in [0, 0.1) is 11.6 Å². The van der Waals surface area contributed by atoms with E-state index in [1.54, 1.807) is 35.2 Å². The van der Waals surface area contributed by atoms with E-state index in [-0.39, 0.29) is 17.7 Å². The Kier molecular flexibility index (Phi) is 6.00. The molecule has 3 aromatic carbocycles. The van der Waals surface area contributed by atoms with Gasteiger partial charge in [0.1, 0.15) is 11.6 Å². The van der Waals surface area contributed by atoms with Crippen LogP contribution in [-0.4, -0.2) is 59.8 Å². The second kappa shape index (κ2) is 9.26. The summed E-state index contributed by atoms with van der Waals surface area (Å²) in [7, 11) is 0. The molecular weight excluding hydrogens is 484 g/mol. The number of Topliss-reactive ketones (excluding diaryl/α,β-unsaturated/α-hetero) is 1. The fraction of sp³-hybridized carbons (Fsp3) is 0.290. The van der Waals surface area contributed by atoms with E-state index >= 15 is 0 Å². The Bertz CT molecular complexity index is 1390. The predicted octanol–water partition coefficient (Wildman–Crippen LogP) is 5.08. The van der Waals surface area contributed by atoms with Crippen molar-refractivity contribution in [3.63, 3.8) is 0 Å². The standard InChI is InChI=1S/C31H29F2N3O2/c1-31(2)18-22(25-4-3-5-26-28(25)36(31)30(38)29(26)37)19-34-14-16-35(17-15-34)27(20-6-10-23(32)11-7-20)21-8-12-24(33)13-9-21/h3-13,18,27H,14-17,19H2,1-2H3. The molecule has 0 atom stereocenters. The maximum absolute atomic E-state index is 13.7. The Hall–Kier alpha value is -3.68. The van der Waals surface area contributed by atoms with Crippen molar-refractivity contribution in [2.24, 2.45) is 0 Å². The summed E-state index contributed by atoms with van der Waals surface area (Å²) in [6, 6.07) is 18.6. The first-order chi connectivity index (χ1) is 18.2. The summed E-state index contributed by atoms with van der Waals surface area (Å²) in [4.78, 5) is 31.8. The van der Waals surface area contributed by atoms with Gasteiger partial charge in [-0.2, -0.15) is 0 Å². The lowest BCUT2D eigenvalue weighted by Crippen LogP contribution is -2.50. The highest BCUT2D eigenvalue weighted by molar-refractivity contribution is 6.53. The van der Waals surface area contributed by atoms with Gasteiger partial charge < -0.3 is 0 Å². The molecule has 7 heteroatoms. The lowest BCUT2D eigenvalue weighted by atomic mass is 9.88. The smallest absolute Gasteiger partial charge is 0.297 e. The predicted molar refractivity (Wildman–Crippen MR) is 143 cm³/mol. The normalized spacial score (nSPS) is 19.2. The molecule has 1 saturated heterocycles. The zero-order valence-electron chi connectivity index (χ0n) is 21.5. The molecule has 38 heavy (non-hydrogen) atoms. The van der Waals surface area contributed by atoms with Gasteiger partial charge in [-0.15, -0.1) is 0 Å². The van der Waals surface area contributed by atoms with E-state index < -0.39 is 17.2 Å². The summed E-state index contributed by atoms with van der Waals surface area (Å²) >= 11 is 0. The molecule has 0 spiro atoms. The van der Waals surface area contributed by atoms with Gasteiger partial charge in [0, 0.05) is 38.3 Å². The lowest BCUT2D eigenvalue weighted by Gasteiger charge is -2.42. The summed E-state index contributed by atoms with van der Waals surface area (Å²) in [5.41, 5.74) is 4.62. The van der Waals surface area contributed by atoms with Crippen LogP contribution in [0.2, 0.25) is 0 Å². The van der Waals surface area contributed by atoms with E-state index in [4.69, 9.17) is 0 Å². The number of halogens is 2. The van der Waals surface area contributed by atoms with E-state index in [1.807, 2.05) is 26.0 Å². The molecule has 1 fully saturated rings. The van der Waals surface area contributed by atoms with E-state index in [0.29, 0.717) is 12.1 Å². The van der Waals surface area contributed by atoms with Crippen molar-refractivity contribution < 1.29 is 18.4 Å². The molecule has 0 aromatic heterocycles. The number of carbonyl (C=O) groups is 2. The quantitative estimate of drug-likeness (QED) is 0.447. The average Bonchev–Trinajstić information content (AvgIpc) is 3.17. The minimum Gasteiger partial charge on any atom is -0.297 e.